The topological polar surface area (TPSA) is 81.6 Å². The summed E-state index contributed by atoms with van der Waals surface area (Å²) in [5.41, 5.74) is 4.10. The van der Waals surface area contributed by atoms with E-state index in [9.17, 15) is 9.90 Å². The molecule has 2 unspecified atom stereocenters. The van der Waals surface area contributed by atoms with Crippen LogP contribution in [0.2, 0.25) is 0 Å². The molecule has 4 aliphatic rings. The van der Waals surface area contributed by atoms with Gasteiger partial charge in [0, 0.05) is 24.8 Å². The molecule has 4 aliphatic carbocycles. The van der Waals surface area contributed by atoms with Crippen LogP contribution in [0.15, 0.2) is 30.3 Å². The Bertz CT molecular complexity index is 684. The van der Waals surface area contributed by atoms with Crippen molar-refractivity contribution in [1.29, 1.82) is 0 Å². The molecule has 1 aromatic rings. The van der Waals surface area contributed by atoms with Crippen LogP contribution >= 0.6 is 0 Å². The zero-order valence-electron chi connectivity index (χ0n) is 15.1. The molecule has 5 nitrogen and oxygen atoms in total. The van der Waals surface area contributed by atoms with Crippen LogP contribution in [0.25, 0.3) is 6.08 Å². The average molecular weight is 356 g/mol. The van der Waals surface area contributed by atoms with E-state index in [1.165, 1.54) is 43.7 Å². The van der Waals surface area contributed by atoms with E-state index >= 15 is 0 Å². The number of rotatable bonds is 6. The highest BCUT2D eigenvalue weighted by Gasteiger charge is 2.57. The maximum absolute atomic E-state index is 11.0. The highest BCUT2D eigenvalue weighted by Crippen LogP contribution is 2.61. The van der Waals surface area contributed by atoms with Crippen molar-refractivity contribution >= 4 is 12.0 Å². The second-order valence-electron chi connectivity index (χ2n) is 8.80. The van der Waals surface area contributed by atoms with Gasteiger partial charge in [-0.2, -0.15) is 0 Å². The van der Waals surface area contributed by atoms with Crippen LogP contribution in [-0.4, -0.2) is 28.4 Å². The third kappa shape index (κ3) is 3.43. The van der Waals surface area contributed by atoms with E-state index in [2.05, 4.69) is 17.4 Å². The van der Waals surface area contributed by atoms with E-state index in [-0.39, 0.29) is 11.0 Å². The first kappa shape index (κ1) is 17.7. The molecule has 4 saturated carbocycles. The third-order valence-electron chi connectivity index (χ3n) is 6.70. The lowest BCUT2D eigenvalue weighted by atomic mass is 9.47. The van der Waals surface area contributed by atoms with Gasteiger partial charge in [0.15, 0.2) is 0 Å². The number of amides is 1. The fraction of sp³-hybridized carbons (Fsp3) is 0.571. The van der Waals surface area contributed by atoms with Crippen molar-refractivity contribution < 1.29 is 15.1 Å². The first-order valence-electron chi connectivity index (χ1n) is 9.61. The molecule has 0 heterocycles. The number of hydroxylamine groups is 1. The molecule has 4 bridgehead atoms. The summed E-state index contributed by atoms with van der Waals surface area (Å²) in [6, 6.07) is 8.11. The van der Waals surface area contributed by atoms with Gasteiger partial charge in [-0.15, -0.1) is 0 Å². The number of carbonyl (C=O) groups is 1. The van der Waals surface area contributed by atoms with E-state index in [0.717, 1.165) is 30.4 Å². The molecule has 1 amide bonds. The number of hydrogen-bond donors (Lipinski definition) is 4. The number of benzene rings is 1. The fourth-order valence-electron chi connectivity index (χ4n) is 6.09. The van der Waals surface area contributed by atoms with Gasteiger partial charge in [-0.1, -0.05) is 24.3 Å². The highest BCUT2D eigenvalue weighted by molar-refractivity contribution is 5.90. The maximum atomic E-state index is 11.0. The predicted molar refractivity (Wildman–Crippen MR) is 99.2 cm³/mol. The summed E-state index contributed by atoms with van der Waals surface area (Å²) in [7, 11) is 0. The molecule has 4 N–H and O–H groups in total. The van der Waals surface area contributed by atoms with Crippen molar-refractivity contribution in [3.63, 3.8) is 0 Å². The van der Waals surface area contributed by atoms with E-state index in [1.807, 2.05) is 12.1 Å². The van der Waals surface area contributed by atoms with Gasteiger partial charge < -0.3 is 10.4 Å². The molecule has 2 atom stereocenters. The molecule has 0 aliphatic heterocycles. The summed E-state index contributed by atoms with van der Waals surface area (Å²) in [5.74, 6) is 1.03. The van der Waals surface area contributed by atoms with Crippen molar-refractivity contribution in [3.05, 3.63) is 41.5 Å². The van der Waals surface area contributed by atoms with Gasteiger partial charge in [0.05, 0.1) is 0 Å². The summed E-state index contributed by atoms with van der Waals surface area (Å²) >= 11 is 0. The number of aliphatic hydroxyl groups is 1. The molecule has 26 heavy (non-hydrogen) atoms. The number of nitrogens with one attached hydrogen (secondary N) is 2. The summed E-state index contributed by atoms with van der Waals surface area (Å²) in [6.07, 6.45) is 10.4. The minimum atomic E-state index is -0.532. The Kier molecular flexibility index (Phi) is 4.63. The van der Waals surface area contributed by atoms with Gasteiger partial charge in [-0.3, -0.25) is 10.0 Å². The molecular formula is C21H28N2O3. The fourth-order valence-corrected chi connectivity index (χ4v) is 6.09. The average Bonchev–Trinajstić information content (AvgIpc) is 2.64. The van der Waals surface area contributed by atoms with E-state index in [4.69, 9.17) is 5.21 Å². The van der Waals surface area contributed by atoms with Gasteiger partial charge in [-0.05, 0) is 73.0 Å². The Labute approximate surface area is 154 Å². The molecule has 4 fully saturated rings. The normalized spacial score (nSPS) is 35.2. The Morgan fingerprint density at radius 3 is 2.46 bits per heavy atom. The zero-order chi connectivity index (χ0) is 18.2. The van der Waals surface area contributed by atoms with Crippen molar-refractivity contribution in [2.24, 2.45) is 17.3 Å². The van der Waals surface area contributed by atoms with Crippen molar-refractivity contribution in [3.8, 4) is 0 Å². The van der Waals surface area contributed by atoms with Crippen LogP contribution in [0, 0.1) is 17.3 Å². The quantitative estimate of drug-likeness (QED) is 0.359. The Hall–Kier alpha value is -1.69. The molecule has 5 heteroatoms. The van der Waals surface area contributed by atoms with E-state index in [1.54, 1.807) is 11.6 Å². The van der Waals surface area contributed by atoms with Crippen LogP contribution in [0.3, 0.4) is 0 Å². The molecule has 1 aromatic carbocycles. The van der Waals surface area contributed by atoms with E-state index < -0.39 is 5.91 Å². The van der Waals surface area contributed by atoms with Crippen molar-refractivity contribution in [2.45, 2.75) is 50.6 Å². The summed E-state index contributed by atoms with van der Waals surface area (Å²) in [4.78, 5) is 11.0. The highest BCUT2D eigenvalue weighted by atomic mass is 16.5. The lowest BCUT2D eigenvalue weighted by Gasteiger charge is -2.62. The van der Waals surface area contributed by atoms with Crippen LogP contribution in [-0.2, 0) is 11.3 Å². The van der Waals surface area contributed by atoms with Gasteiger partial charge in [-0.25, -0.2) is 5.48 Å². The first-order valence-corrected chi connectivity index (χ1v) is 9.61. The molecular weight excluding hydrogens is 328 g/mol. The molecule has 0 aromatic heterocycles. The third-order valence-corrected chi connectivity index (χ3v) is 6.70. The Balaban J connectivity index is 1.40. The van der Waals surface area contributed by atoms with Crippen LogP contribution < -0.4 is 10.8 Å². The summed E-state index contributed by atoms with van der Waals surface area (Å²) < 4.78 is 0. The number of hydrogen-bond acceptors (Lipinski definition) is 4. The zero-order valence-corrected chi connectivity index (χ0v) is 15.1. The molecule has 0 saturated heterocycles. The lowest BCUT2D eigenvalue weighted by Crippen LogP contribution is -2.62. The van der Waals surface area contributed by atoms with Crippen LogP contribution in [0.4, 0.5) is 0 Å². The second kappa shape index (κ2) is 6.80. The summed E-state index contributed by atoms with van der Waals surface area (Å²) in [5, 5.41) is 22.4. The second-order valence-corrected chi connectivity index (χ2v) is 8.80. The van der Waals surface area contributed by atoms with Gasteiger partial charge >= 0.3 is 0 Å². The minimum Gasteiger partial charge on any atom is -0.396 e. The largest absolute Gasteiger partial charge is 0.396 e. The molecule has 0 spiro atoms. The minimum absolute atomic E-state index is 0.166. The molecule has 140 valence electrons. The van der Waals surface area contributed by atoms with Gasteiger partial charge in [0.2, 0.25) is 0 Å². The van der Waals surface area contributed by atoms with Crippen molar-refractivity contribution in [1.82, 2.24) is 10.8 Å². The number of carbonyl (C=O) groups excluding carboxylic acids is 1. The van der Waals surface area contributed by atoms with Crippen molar-refractivity contribution in [2.75, 3.05) is 6.61 Å². The predicted octanol–water partition coefficient (Wildman–Crippen LogP) is 2.63. The van der Waals surface area contributed by atoms with Crippen LogP contribution in [0.1, 0.15) is 49.7 Å². The maximum Gasteiger partial charge on any atom is 0.267 e. The first-order chi connectivity index (χ1) is 12.5. The monoisotopic (exact) mass is 356 g/mol. The lowest BCUT2D eigenvalue weighted by molar-refractivity contribution is -0.124. The SMILES string of the molecule is O=C(C=Cc1ccc(CNC23CC4CC(CC(CO)(C4)C2)C3)cc1)NO. The van der Waals surface area contributed by atoms with Gasteiger partial charge in [0.25, 0.3) is 5.91 Å². The molecule has 5 rings (SSSR count). The van der Waals surface area contributed by atoms with E-state index in [0.29, 0.717) is 6.61 Å². The van der Waals surface area contributed by atoms with Crippen LogP contribution in [0.5, 0.6) is 0 Å². The Morgan fingerprint density at radius 2 is 1.85 bits per heavy atom. The Morgan fingerprint density at radius 1 is 1.15 bits per heavy atom. The standard InChI is InChI=1S/C21H28N2O3/c24-14-20-8-17-7-18(9-20)11-21(10-17,13-20)22-12-16-3-1-15(2-4-16)5-6-19(25)23-26/h1-6,17-18,22,24,26H,7-14H2,(H,23,25). The number of aliphatic hydroxyl groups excluding tert-OH is 1. The molecule has 0 radical (unpaired) electrons. The van der Waals surface area contributed by atoms with Gasteiger partial charge in [0.1, 0.15) is 0 Å². The summed E-state index contributed by atoms with van der Waals surface area (Å²) in [6.45, 7) is 1.17. The smallest absolute Gasteiger partial charge is 0.267 e.